The molecule has 0 saturated carbocycles. The van der Waals surface area contributed by atoms with E-state index in [1.165, 1.54) is 12.3 Å². The number of aryl methyl sites for hydroxylation is 1. The lowest BCUT2D eigenvalue weighted by Gasteiger charge is -2.12. The molecule has 2 aromatic heterocycles. The SMILES string of the molecule is Cc1cnc(NC(C)c2cn[nH]c2)cc1[N+](=O)[O-]. The molecule has 2 aromatic rings. The number of anilines is 1. The van der Waals surface area contributed by atoms with Crippen LogP contribution < -0.4 is 5.32 Å². The molecule has 0 aliphatic carbocycles. The molecule has 2 rings (SSSR count). The minimum absolute atomic E-state index is 0.0291. The first-order chi connectivity index (χ1) is 8.58. The Morgan fingerprint density at radius 1 is 1.50 bits per heavy atom. The highest BCUT2D eigenvalue weighted by Gasteiger charge is 2.14. The van der Waals surface area contributed by atoms with Gasteiger partial charge in [-0.3, -0.25) is 15.2 Å². The van der Waals surface area contributed by atoms with Gasteiger partial charge in [-0.15, -0.1) is 0 Å². The van der Waals surface area contributed by atoms with E-state index < -0.39 is 4.92 Å². The van der Waals surface area contributed by atoms with Crippen LogP contribution in [0.3, 0.4) is 0 Å². The zero-order chi connectivity index (χ0) is 13.1. The van der Waals surface area contributed by atoms with Crippen LogP contribution in [0, 0.1) is 17.0 Å². The Morgan fingerprint density at radius 2 is 2.28 bits per heavy atom. The van der Waals surface area contributed by atoms with Crippen molar-refractivity contribution in [3.8, 4) is 0 Å². The van der Waals surface area contributed by atoms with Crippen molar-refractivity contribution in [2.24, 2.45) is 0 Å². The minimum atomic E-state index is -0.412. The summed E-state index contributed by atoms with van der Waals surface area (Å²) in [6.07, 6.45) is 4.95. The molecule has 1 atom stereocenters. The molecule has 18 heavy (non-hydrogen) atoms. The second-order valence-corrected chi connectivity index (χ2v) is 4.01. The molecule has 0 aliphatic rings. The van der Waals surface area contributed by atoms with E-state index in [0.717, 1.165) is 5.56 Å². The van der Waals surface area contributed by atoms with Crippen LogP contribution in [0.2, 0.25) is 0 Å². The van der Waals surface area contributed by atoms with Crippen molar-refractivity contribution < 1.29 is 4.92 Å². The van der Waals surface area contributed by atoms with Gasteiger partial charge in [-0.25, -0.2) is 4.98 Å². The first kappa shape index (κ1) is 12.0. The van der Waals surface area contributed by atoms with Gasteiger partial charge in [-0.1, -0.05) is 0 Å². The van der Waals surface area contributed by atoms with Crippen LogP contribution >= 0.6 is 0 Å². The Bertz CT molecular complexity index is 553. The smallest absolute Gasteiger partial charge is 0.277 e. The van der Waals surface area contributed by atoms with Crippen molar-refractivity contribution >= 4 is 11.5 Å². The molecule has 0 amide bonds. The quantitative estimate of drug-likeness (QED) is 0.637. The molecule has 7 nitrogen and oxygen atoms in total. The average molecular weight is 247 g/mol. The summed E-state index contributed by atoms with van der Waals surface area (Å²) in [5.41, 5.74) is 1.56. The number of rotatable bonds is 4. The molecule has 0 saturated heterocycles. The number of nitro groups is 1. The second-order valence-electron chi connectivity index (χ2n) is 4.01. The van der Waals surface area contributed by atoms with Gasteiger partial charge in [-0.05, 0) is 13.8 Å². The van der Waals surface area contributed by atoms with Gasteiger partial charge in [0.25, 0.3) is 5.69 Å². The van der Waals surface area contributed by atoms with E-state index in [2.05, 4.69) is 20.5 Å². The second kappa shape index (κ2) is 4.82. The summed E-state index contributed by atoms with van der Waals surface area (Å²) in [4.78, 5) is 14.5. The standard InChI is InChI=1S/C11H13N5O2/c1-7-4-12-11(3-10(7)16(17)18)15-8(2)9-5-13-14-6-9/h3-6,8H,1-2H3,(H,12,15)(H,13,14). The number of hydrogen-bond donors (Lipinski definition) is 2. The number of H-pyrrole nitrogens is 1. The van der Waals surface area contributed by atoms with Gasteiger partial charge in [-0.2, -0.15) is 5.10 Å². The third kappa shape index (κ3) is 2.45. The van der Waals surface area contributed by atoms with Crippen LogP contribution in [0.4, 0.5) is 11.5 Å². The summed E-state index contributed by atoms with van der Waals surface area (Å²) >= 11 is 0. The van der Waals surface area contributed by atoms with Gasteiger partial charge in [0, 0.05) is 23.5 Å². The predicted molar refractivity (Wildman–Crippen MR) is 66.3 cm³/mol. The zero-order valence-electron chi connectivity index (χ0n) is 10.0. The molecule has 1 unspecified atom stereocenters. The molecule has 7 heteroatoms. The molecule has 0 radical (unpaired) electrons. The maximum atomic E-state index is 10.8. The first-order valence-electron chi connectivity index (χ1n) is 5.44. The Hall–Kier alpha value is -2.44. The maximum absolute atomic E-state index is 10.8. The van der Waals surface area contributed by atoms with E-state index in [4.69, 9.17) is 0 Å². The van der Waals surface area contributed by atoms with Gasteiger partial charge in [0.05, 0.1) is 23.2 Å². The van der Waals surface area contributed by atoms with Crippen LogP contribution in [-0.2, 0) is 0 Å². The summed E-state index contributed by atoms with van der Waals surface area (Å²) in [5, 5.41) is 20.5. The van der Waals surface area contributed by atoms with Gasteiger partial charge in [0.2, 0.25) is 0 Å². The summed E-state index contributed by atoms with van der Waals surface area (Å²) in [6, 6.07) is 1.41. The van der Waals surface area contributed by atoms with E-state index >= 15 is 0 Å². The fraction of sp³-hybridized carbons (Fsp3) is 0.273. The van der Waals surface area contributed by atoms with Crippen molar-refractivity contribution in [1.82, 2.24) is 15.2 Å². The largest absolute Gasteiger partial charge is 0.363 e. The van der Waals surface area contributed by atoms with E-state index in [1.54, 1.807) is 19.3 Å². The first-order valence-corrected chi connectivity index (χ1v) is 5.44. The Morgan fingerprint density at radius 3 is 2.89 bits per heavy atom. The molecular weight excluding hydrogens is 234 g/mol. The third-order valence-corrected chi connectivity index (χ3v) is 2.66. The molecule has 0 aliphatic heterocycles. The molecular formula is C11H13N5O2. The zero-order valence-corrected chi connectivity index (χ0v) is 10.0. The Kier molecular flexibility index (Phi) is 3.22. The van der Waals surface area contributed by atoms with Crippen molar-refractivity contribution in [3.63, 3.8) is 0 Å². The fourth-order valence-corrected chi connectivity index (χ4v) is 1.59. The van der Waals surface area contributed by atoms with E-state index in [9.17, 15) is 10.1 Å². The number of aromatic amines is 1. The number of nitrogens with one attached hydrogen (secondary N) is 2. The summed E-state index contributed by atoms with van der Waals surface area (Å²) < 4.78 is 0. The number of aromatic nitrogens is 3. The van der Waals surface area contributed by atoms with Crippen molar-refractivity contribution in [2.45, 2.75) is 19.9 Å². The Balaban J connectivity index is 2.20. The third-order valence-electron chi connectivity index (χ3n) is 2.66. The molecule has 2 heterocycles. The number of hydrogen-bond acceptors (Lipinski definition) is 5. The Labute approximate surface area is 103 Å². The number of pyridine rings is 1. The van der Waals surface area contributed by atoms with Crippen LogP contribution in [0.1, 0.15) is 24.1 Å². The topological polar surface area (TPSA) is 96.7 Å². The molecule has 2 N–H and O–H groups in total. The number of nitrogens with zero attached hydrogens (tertiary/aromatic N) is 3. The highest BCUT2D eigenvalue weighted by atomic mass is 16.6. The predicted octanol–water partition coefficient (Wildman–Crippen LogP) is 2.19. The van der Waals surface area contributed by atoms with E-state index in [0.29, 0.717) is 11.4 Å². The lowest BCUT2D eigenvalue weighted by atomic mass is 10.2. The van der Waals surface area contributed by atoms with Gasteiger partial charge in [0.15, 0.2) is 0 Å². The lowest BCUT2D eigenvalue weighted by molar-refractivity contribution is -0.385. The monoisotopic (exact) mass is 247 g/mol. The van der Waals surface area contributed by atoms with E-state index in [-0.39, 0.29) is 11.7 Å². The fourth-order valence-electron chi connectivity index (χ4n) is 1.59. The van der Waals surface area contributed by atoms with Gasteiger partial charge >= 0.3 is 0 Å². The van der Waals surface area contributed by atoms with Crippen LogP contribution in [0.5, 0.6) is 0 Å². The highest BCUT2D eigenvalue weighted by Crippen LogP contribution is 2.22. The van der Waals surface area contributed by atoms with Crippen LogP contribution in [0.25, 0.3) is 0 Å². The summed E-state index contributed by atoms with van der Waals surface area (Å²) in [7, 11) is 0. The highest BCUT2D eigenvalue weighted by molar-refractivity contribution is 5.49. The molecule has 94 valence electrons. The normalized spacial score (nSPS) is 12.1. The van der Waals surface area contributed by atoms with Crippen LogP contribution in [-0.4, -0.2) is 20.1 Å². The molecule has 0 fully saturated rings. The average Bonchev–Trinajstić information content (AvgIpc) is 2.85. The molecule has 0 bridgehead atoms. The van der Waals surface area contributed by atoms with Crippen molar-refractivity contribution in [3.05, 3.63) is 45.9 Å². The van der Waals surface area contributed by atoms with Crippen molar-refractivity contribution in [2.75, 3.05) is 5.32 Å². The summed E-state index contributed by atoms with van der Waals surface area (Å²) in [5.74, 6) is 0.473. The summed E-state index contributed by atoms with van der Waals surface area (Å²) in [6.45, 7) is 3.59. The van der Waals surface area contributed by atoms with Gasteiger partial charge < -0.3 is 5.32 Å². The maximum Gasteiger partial charge on any atom is 0.277 e. The molecule has 0 aromatic carbocycles. The van der Waals surface area contributed by atoms with Gasteiger partial charge in [0.1, 0.15) is 5.82 Å². The van der Waals surface area contributed by atoms with Crippen molar-refractivity contribution in [1.29, 1.82) is 0 Å². The lowest BCUT2D eigenvalue weighted by Crippen LogP contribution is -2.07. The minimum Gasteiger partial charge on any atom is -0.363 e. The van der Waals surface area contributed by atoms with Crippen LogP contribution in [0.15, 0.2) is 24.7 Å². The van der Waals surface area contributed by atoms with E-state index in [1.807, 2.05) is 6.92 Å². The molecule has 0 spiro atoms.